The third kappa shape index (κ3) is 4.54. The van der Waals surface area contributed by atoms with E-state index >= 15 is 0 Å². The first-order chi connectivity index (χ1) is 14.0. The van der Waals surface area contributed by atoms with Gasteiger partial charge in [0.25, 0.3) is 0 Å². The minimum absolute atomic E-state index is 1.10. The van der Waals surface area contributed by atoms with E-state index in [0.29, 0.717) is 0 Å². The van der Waals surface area contributed by atoms with Gasteiger partial charge >= 0.3 is 0 Å². The Morgan fingerprint density at radius 3 is 1.45 bits per heavy atom. The number of hydrogen-bond donors (Lipinski definition) is 0. The Balaban J connectivity index is 2.08. The first-order valence-electron chi connectivity index (χ1n) is 10.9. The second-order valence-electron chi connectivity index (χ2n) is 8.03. The average molecular weight is 388 g/mol. The Labute approximate surface area is 177 Å². The molecule has 0 aliphatic heterocycles. The third-order valence-electron chi connectivity index (χ3n) is 6.33. The maximum absolute atomic E-state index is 2.40. The minimum Gasteiger partial charge on any atom is -0.321 e. The summed E-state index contributed by atoms with van der Waals surface area (Å²) in [5.74, 6) is 0. The summed E-state index contributed by atoms with van der Waals surface area (Å²) in [5.41, 5.74) is 7.77. The number of aryl methyl sites for hydroxylation is 2. The molecule has 0 bridgehead atoms. The zero-order chi connectivity index (χ0) is 20.9. The van der Waals surface area contributed by atoms with E-state index in [4.69, 9.17) is 0 Å². The molecule has 3 aromatic rings. The largest absolute Gasteiger partial charge is 0.321 e. The lowest BCUT2D eigenvalue weighted by Gasteiger charge is -2.36. The molecule has 0 N–H and O–H groups in total. The van der Waals surface area contributed by atoms with Gasteiger partial charge in [0.2, 0.25) is 0 Å². The predicted octanol–water partition coefficient (Wildman–Crippen LogP) is 7.15. The molecule has 0 spiro atoms. The summed E-state index contributed by atoms with van der Waals surface area (Å²) >= 11 is 0. The number of hydrogen-bond acceptors (Lipinski definition) is 1. The second-order valence-corrected chi connectivity index (χ2v) is 8.03. The van der Waals surface area contributed by atoms with Crippen molar-refractivity contribution in [1.29, 1.82) is 0 Å². The van der Waals surface area contributed by atoms with Crippen molar-refractivity contribution in [1.82, 2.24) is 0 Å². The SMILES string of the molecule is CC[N+](CC)(CC)Cc1cc(C)c(N(c2ccccc2)c2ccccc2)c(C)c1. The van der Waals surface area contributed by atoms with E-state index in [2.05, 4.69) is 112 Å². The molecule has 0 unspecified atom stereocenters. The maximum atomic E-state index is 2.40. The Bertz CT molecular complexity index is 841. The van der Waals surface area contributed by atoms with E-state index in [9.17, 15) is 0 Å². The van der Waals surface area contributed by atoms with Crippen LogP contribution in [0.5, 0.6) is 0 Å². The summed E-state index contributed by atoms with van der Waals surface area (Å²) in [5, 5.41) is 0. The van der Waals surface area contributed by atoms with Crippen molar-refractivity contribution in [3.05, 3.63) is 89.5 Å². The van der Waals surface area contributed by atoms with Gasteiger partial charge in [-0.2, -0.15) is 0 Å². The molecule has 0 atom stereocenters. The molecule has 2 heteroatoms. The summed E-state index contributed by atoms with van der Waals surface area (Å²) < 4.78 is 1.14. The number of rotatable bonds is 8. The summed E-state index contributed by atoms with van der Waals surface area (Å²) in [6.07, 6.45) is 0. The van der Waals surface area contributed by atoms with Gasteiger partial charge < -0.3 is 9.38 Å². The van der Waals surface area contributed by atoms with E-state index < -0.39 is 0 Å². The Morgan fingerprint density at radius 2 is 1.07 bits per heavy atom. The molecule has 0 aromatic heterocycles. The van der Waals surface area contributed by atoms with Crippen LogP contribution >= 0.6 is 0 Å². The van der Waals surface area contributed by atoms with Crippen molar-refractivity contribution >= 4 is 17.1 Å². The zero-order valence-electron chi connectivity index (χ0n) is 18.7. The second kappa shape index (κ2) is 9.28. The summed E-state index contributed by atoms with van der Waals surface area (Å²) in [7, 11) is 0. The van der Waals surface area contributed by atoms with Crippen LogP contribution in [0.1, 0.15) is 37.5 Å². The molecule has 0 heterocycles. The van der Waals surface area contributed by atoms with E-state index in [1.54, 1.807) is 0 Å². The van der Waals surface area contributed by atoms with Gasteiger partial charge in [-0.05, 0) is 82.1 Å². The lowest BCUT2D eigenvalue weighted by atomic mass is 10.0. The van der Waals surface area contributed by atoms with Gasteiger partial charge in [0.15, 0.2) is 0 Å². The highest BCUT2D eigenvalue weighted by atomic mass is 15.3. The number of para-hydroxylation sites is 2. The summed E-state index contributed by atoms with van der Waals surface area (Å²) in [4.78, 5) is 2.38. The van der Waals surface area contributed by atoms with Crippen LogP contribution in [-0.2, 0) is 6.54 Å². The van der Waals surface area contributed by atoms with Crippen LogP contribution in [0.3, 0.4) is 0 Å². The molecule has 0 saturated carbocycles. The number of benzene rings is 3. The molecule has 0 saturated heterocycles. The predicted molar refractivity (Wildman–Crippen MR) is 126 cm³/mol. The molecule has 3 rings (SSSR count). The first-order valence-corrected chi connectivity index (χ1v) is 10.9. The van der Waals surface area contributed by atoms with E-state index in [1.807, 2.05) is 0 Å². The normalized spacial score (nSPS) is 11.5. The topological polar surface area (TPSA) is 3.24 Å². The average Bonchev–Trinajstić information content (AvgIpc) is 2.76. The number of nitrogens with zero attached hydrogens (tertiary/aromatic N) is 2. The van der Waals surface area contributed by atoms with Crippen LogP contribution in [0.15, 0.2) is 72.8 Å². The lowest BCUT2D eigenvalue weighted by Crippen LogP contribution is -2.46. The Morgan fingerprint density at radius 1 is 0.655 bits per heavy atom. The van der Waals surface area contributed by atoms with E-state index in [0.717, 1.165) is 11.0 Å². The van der Waals surface area contributed by atoms with Gasteiger partial charge in [0.05, 0.1) is 25.3 Å². The van der Waals surface area contributed by atoms with Gasteiger partial charge in [0.1, 0.15) is 6.54 Å². The number of quaternary nitrogens is 1. The molecule has 0 amide bonds. The van der Waals surface area contributed by atoms with E-state index in [1.165, 1.54) is 53.4 Å². The Hall–Kier alpha value is -2.58. The van der Waals surface area contributed by atoms with Crippen LogP contribution in [0, 0.1) is 13.8 Å². The van der Waals surface area contributed by atoms with Crippen LogP contribution in [0.25, 0.3) is 0 Å². The standard InChI is InChI=1S/C27H35N2/c1-6-29(7-2,8-3)21-24-19-22(4)27(23(5)20-24)28(25-15-11-9-12-16-25)26-17-13-10-14-18-26/h9-20H,6-8,21H2,1-5H3/q+1. The van der Waals surface area contributed by atoms with Gasteiger partial charge in [0, 0.05) is 16.9 Å². The zero-order valence-corrected chi connectivity index (χ0v) is 18.7. The third-order valence-corrected chi connectivity index (χ3v) is 6.33. The van der Waals surface area contributed by atoms with Crippen LogP contribution in [0.2, 0.25) is 0 Å². The molecule has 29 heavy (non-hydrogen) atoms. The van der Waals surface area contributed by atoms with Crippen molar-refractivity contribution in [3.63, 3.8) is 0 Å². The highest BCUT2D eigenvalue weighted by Gasteiger charge is 2.23. The van der Waals surface area contributed by atoms with Crippen molar-refractivity contribution in [3.8, 4) is 0 Å². The van der Waals surface area contributed by atoms with Crippen LogP contribution in [0.4, 0.5) is 17.1 Å². The highest BCUT2D eigenvalue weighted by Crippen LogP contribution is 2.39. The van der Waals surface area contributed by atoms with Crippen molar-refractivity contribution in [2.24, 2.45) is 0 Å². The van der Waals surface area contributed by atoms with Gasteiger partial charge in [-0.1, -0.05) is 36.4 Å². The lowest BCUT2D eigenvalue weighted by molar-refractivity contribution is -0.936. The maximum Gasteiger partial charge on any atom is 0.104 e. The molecule has 2 nitrogen and oxygen atoms in total. The summed E-state index contributed by atoms with van der Waals surface area (Å²) in [6.45, 7) is 16.1. The molecule has 0 radical (unpaired) electrons. The molecule has 0 fully saturated rings. The van der Waals surface area contributed by atoms with Gasteiger partial charge in [-0.15, -0.1) is 0 Å². The van der Waals surface area contributed by atoms with E-state index in [-0.39, 0.29) is 0 Å². The van der Waals surface area contributed by atoms with Gasteiger partial charge in [-0.3, -0.25) is 0 Å². The molecular formula is C27H35N2+. The molecular weight excluding hydrogens is 352 g/mol. The van der Waals surface area contributed by atoms with Crippen LogP contribution < -0.4 is 4.90 Å². The van der Waals surface area contributed by atoms with Crippen molar-refractivity contribution < 1.29 is 4.48 Å². The number of anilines is 3. The fourth-order valence-electron chi connectivity index (χ4n) is 4.44. The first kappa shape index (κ1) is 21.1. The minimum atomic E-state index is 1.10. The molecule has 3 aromatic carbocycles. The van der Waals surface area contributed by atoms with Crippen molar-refractivity contribution in [2.45, 2.75) is 41.2 Å². The fourth-order valence-corrected chi connectivity index (χ4v) is 4.44. The molecule has 0 aliphatic carbocycles. The van der Waals surface area contributed by atoms with Crippen molar-refractivity contribution in [2.75, 3.05) is 24.5 Å². The highest BCUT2D eigenvalue weighted by molar-refractivity contribution is 5.80. The van der Waals surface area contributed by atoms with Gasteiger partial charge in [-0.25, -0.2) is 0 Å². The fraction of sp³-hybridized carbons (Fsp3) is 0.333. The smallest absolute Gasteiger partial charge is 0.104 e. The monoisotopic (exact) mass is 387 g/mol. The molecule has 152 valence electrons. The Kier molecular flexibility index (Phi) is 6.76. The summed E-state index contributed by atoms with van der Waals surface area (Å²) in [6, 6.07) is 26.1. The van der Waals surface area contributed by atoms with Crippen LogP contribution in [-0.4, -0.2) is 24.1 Å². The molecule has 0 aliphatic rings. The quantitative estimate of drug-likeness (QED) is 0.371.